The third kappa shape index (κ3) is 1.84. The predicted molar refractivity (Wildman–Crippen MR) is 74.1 cm³/mol. The van der Waals surface area contributed by atoms with Crippen LogP contribution < -0.4 is 5.32 Å². The fraction of sp³-hybridized carbons (Fsp3) is 0.133. The van der Waals surface area contributed by atoms with E-state index in [1.54, 1.807) is 0 Å². The van der Waals surface area contributed by atoms with Gasteiger partial charge < -0.3 is 10.4 Å². The van der Waals surface area contributed by atoms with Gasteiger partial charge in [0.25, 0.3) is 5.91 Å². The number of carbonyl (C=O) groups is 1. The lowest BCUT2D eigenvalue weighted by molar-refractivity contribution is -0.129. The average Bonchev–Trinajstić information content (AvgIpc) is 2.73. The molecule has 2 N–H and O–H groups in total. The Kier molecular flexibility index (Phi) is 3.19. The minimum Gasteiger partial charge on any atom is -0.372 e. The van der Waals surface area contributed by atoms with Gasteiger partial charge in [-0.2, -0.15) is 0 Å². The summed E-state index contributed by atoms with van der Waals surface area (Å²) in [6.45, 7) is 1.15. The number of amides is 1. The number of benzene rings is 2. The summed E-state index contributed by atoms with van der Waals surface area (Å²) >= 11 is 5.86. The molecule has 1 heterocycles. The quantitative estimate of drug-likeness (QED) is 0.790. The molecular formula is C15H9ClF3NO2. The molecule has 114 valence electrons. The lowest BCUT2D eigenvalue weighted by atomic mass is 9.84. The molecule has 2 aromatic rings. The van der Waals surface area contributed by atoms with Crippen LogP contribution in [0.5, 0.6) is 0 Å². The van der Waals surface area contributed by atoms with Gasteiger partial charge in [0.05, 0.1) is 0 Å². The number of nitrogens with one attached hydrogen (secondary N) is 1. The Morgan fingerprint density at radius 2 is 1.82 bits per heavy atom. The Bertz CT molecular complexity index is 825. The third-order valence-corrected chi connectivity index (χ3v) is 3.98. The maximum atomic E-state index is 13.8. The molecular weight excluding hydrogens is 319 g/mol. The minimum atomic E-state index is -2.35. The molecule has 0 aromatic heterocycles. The summed E-state index contributed by atoms with van der Waals surface area (Å²) in [6, 6.07) is 4.88. The monoisotopic (exact) mass is 327 g/mol. The van der Waals surface area contributed by atoms with E-state index in [1.807, 2.05) is 0 Å². The lowest BCUT2D eigenvalue weighted by Crippen LogP contribution is -2.36. The van der Waals surface area contributed by atoms with Crippen LogP contribution in [0.3, 0.4) is 0 Å². The van der Waals surface area contributed by atoms with E-state index in [0.717, 1.165) is 6.92 Å². The van der Waals surface area contributed by atoms with E-state index in [9.17, 15) is 23.1 Å². The lowest BCUT2D eigenvalue weighted by Gasteiger charge is -2.24. The summed E-state index contributed by atoms with van der Waals surface area (Å²) < 4.78 is 40.6. The van der Waals surface area contributed by atoms with Crippen molar-refractivity contribution in [1.29, 1.82) is 0 Å². The molecule has 1 aliphatic heterocycles. The van der Waals surface area contributed by atoms with Crippen LogP contribution >= 0.6 is 11.6 Å². The van der Waals surface area contributed by atoms with Gasteiger partial charge in [0.15, 0.2) is 23.1 Å². The van der Waals surface area contributed by atoms with Gasteiger partial charge in [0.1, 0.15) is 0 Å². The fourth-order valence-corrected chi connectivity index (χ4v) is 2.76. The van der Waals surface area contributed by atoms with Gasteiger partial charge in [-0.3, -0.25) is 4.79 Å². The van der Waals surface area contributed by atoms with Crippen LogP contribution in [0.25, 0.3) is 0 Å². The Hall–Kier alpha value is -2.05. The Morgan fingerprint density at radius 3 is 2.50 bits per heavy atom. The van der Waals surface area contributed by atoms with Gasteiger partial charge in [-0.15, -0.1) is 0 Å². The average molecular weight is 328 g/mol. The summed E-state index contributed by atoms with van der Waals surface area (Å²) in [5.41, 5.74) is -2.76. The molecule has 0 radical (unpaired) electrons. The van der Waals surface area contributed by atoms with Gasteiger partial charge in [-0.1, -0.05) is 11.6 Å². The zero-order valence-electron chi connectivity index (χ0n) is 11.2. The molecule has 1 aliphatic rings. The largest absolute Gasteiger partial charge is 0.372 e. The van der Waals surface area contributed by atoms with Gasteiger partial charge in [0.2, 0.25) is 0 Å². The van der Waals surface area contributed by atoms with Crippen LogP contribution in [-0.2, 0) is 10.4 Å². The first-order valence-corrected chi connectivity index (χ1v) is 6.63. The molecule has 2 aromatic carbocycles. The topological polar surface area (TPSA) is 49.3 Å². The third-order valence-electron chi connectivity index (χ3n) is 3.74. The van der Waals surface area contributed by atoms with Crippen molar-refractivity contribution in [3.05, 3.63) is 63.4 Å². The standard InChI is InChI=1S/C15H9ClF3NO2/c1-6-8(5-10(17)13(19)12(6)18)15(22)9-4-7(16)2-3-11(9)20-14(15)21/h2-5,22H,1H3,(H,20,21). The van der Waals surface area contributed by atoms with Crippen molar-refractivity contribution in [3.63, 3.8) is 0 Å². The van der Waals surface area contributed by atoms with Crippen LogP contribution in [0.2, 0.25) is 5.02 Å². The van der Waals surface area contributed by atoms with E-state index >= 15 is 0 Å². The van der Waals surface area contributed by atoms with Crippen molar-refractivity contribution in [2.75, 3.05) is 5.32 Å². The van der Waals surface area contributed by atoms with Crippen LogP contribution in [0.1, 0.15) is 16.7 Å². The summed E-state index contributed by atoms with van der Waals surface area (Å²) in [5, 5.41) is 13.4. The molecule has 3 nitrogen and oxygen atoms in total. The van der Waals surface area contributed by atoms with E-state index in [-0.39, 0.29) is 27.4 Å². The summed E-state index contributed by atoms with van der Waals surface area (Å²) in [4.78, 5) is 12.2. The predicted octanol–water partition coefficient (Wildman–Crippen LogP) is 3.25. The van der Waals surface area contributed by atoms with Crippen molar-refractivity contribution < 1.29 is 23.1 Å². The van der Waals surface area contributed by atoms with Gasteiger partial charge in [-0.25, -0.2) is 13.2 Å². The van der Waals surface area contributed by atoms with E-state index in [4.69, 9.17) is 11.6 Å². The van der Waals surface area contributed by atoms with E-state index in [0.29, 0.717) is 6.07 Å². The summed E-state index contributed by atoms with van der Waals surface area (Å²) in [7, 11) is 0. The first-order valence-electron chi connectivity index (χ1n) is 6.25. The molecule has 0 saturated heterocycles. The Morgan fingerprint density at radius 1 is 1.14 bits per heavy atom. The second-order valence-electron chi connectivity index (χ2n) is 5.01. The highest BCUT2D eigenvalue weighted by Crippen LogP contribution is 2.43. The first-order chi connectivity index (χ1) is 10.3. The number of aliphatic hydroxyl groups is 1. The van der Waals surface area contributed by atoms with Crippen molar-refractivity contribution in [3.8, 4) is 0 Å². The van der Waals surface area contributed by atoms with E-state index in [1.165, 1.54) is 18.2 Å². The molecule has 3 rings (SSSR count). The smallest absolute Gasteiger partial charge is 0.265 e. The molecule has 7 heteroatoms. The molecule has 1 unspecified atom stereocenters. The number of halogens is 4. The number of fused-ring (bicyclic) bond motifs is 1. The normalized spacial score (nSPS) is 20.0. The van der Waals surface area contributed by atoms with Crippen LogP contribution in [0.15, 0.2) is 24.3 Å². The maximum Gasteiger partial charge on any atom is 0.265 e. The van der Waals surface area contributed by atoms with Crippen LogP contribution in [0, 0.1) is 24.4 Å². The number of hydrogen-bond acceptors (Lipinski definition) is 2. The molecule has 0 spiro atoms. The summed E-state index contributed by atoms with van der Waals surface area (Å²) in [5.74, 6) is -5.49. The number of anilines is 1. The van der Waals surface area contributed by atoms with Crippen molar-refractivity contribution in [2.45, 2.75) is 12.5 Å². The van der Waals surface area contributed by atoms with Crippen molar-refractivity contribution in [1.82, 2.24) is 0 Å². The zero-order valence-corrected chi connectivity index (χ0v) is 11.9. The molecule has 0 saturated carbocycles. The second kappa shape index (κ2) is 4.72. The highest BCUT2D eigenvalue weighted by Gasteiger charge is 2.48. The van der Waals surface area contributed by atoms with E-state index < -0.39 is 29.0 Å². The van der Waals surface area contributed by atoms with Crippen molar-refractivity contribution >= 4 is 23.2 Å². The Balaban J connectivity index is 2.33. The minimum absolute atomic E-state index is 0.0542. The van der Waals surface area contributed by atoms with Crippen LogP contribution in [-0.4, -0.2) is 11.0 Å². The number of carbonyl (C=O) groups excluding carboxylic acids is 1. The van der Waals surface area contributed by atoms with Crippen LogP contribution in [0.4, 0.5) is 18.9 Å². The van der Waals surface area contributed by atoms with Crippen molar-refractivity contribution in [2.24, 2.45) is 0 Å². The molecule has 0 fully saturated rings. The second-order valence-corrected chi connectivity index (χ2v) is 5.45. The molecule has 0 bridgehead atoms. The molecule has 0 aliphatic carbocycles. The SMILES string of the molecule is Cc1c(C2(O)C(=O)Nc3ccc(Cl)cc32)cc(F)c(F)c1F. The van der Waals surface area contributed by atoms with Gasteiger partial charge in [-0.05, 0) is 36.8 Å². The molecule has 1 atom stereocenters. The van der Waals surface area contributed by atoms with E-state index in [2.05, 4.69) is 5.32 Å². The summed E-state index contributed by atoms with van der Waals surface area (Å²) in [6.07, 6.45) is 0. The fourth-order valence-electron chi connectivity index (χ4n) is 2.59. The number of hydrogen-bond donors (Lipinski definition) is 2. The van der Waals surface area contributed by atoms with Gasteiger partial charge >= 0.3 is 0 Å². The first kappa shape index (κ1) is 14.9. The molecule has 22 heavy (non-hydrogen) atoms. The molecule has 1 amide bonds. The maximum absolute atomic E-state index is 13.8. The zero-order chi connectivity index (χ0) is 16.2. The Labute approximate surface area is 128 Å². The number of rotatable bonds is 1. The highest BCUT2D eigenvalue weighted by molar-refractivity contribution is 6.31. The highest BCUT2D eigenvalue weighted by atomic mass is 35.5. The van der Waals surface area contributed by atoms with Gasteiger partial charge in [0, 0.05) is 21.8 Å².